The highest BCUT2D eigenvalue weighted by Crippen LogP contribution is 2.31. The number of nitrogens with two attached hydrogens (primary N) is 1. The Morgan fingerprint density at radius 3 is 2.60 bits per heavy atom. The summed E-state index contributed by atoms with van der Waals surface area (Å²) in [5.74, 6) is -0.745. The van der Waals surface area contributed by atoms with Crippen LogP contribution in [0.1, 0.15) is 10.5 Å². The minimum Gasteiger partial charge on any atom is -0.464 e. The maximum Gasteiger partial charge on any atom is 0.355 e. The predicted molar refractivity (Wildman–Crippen MR) is 82.9 cm³/mol. The Balaban J connectivity index is 2.61. The summed E-state index contributed by atoms with van der Waals surface area (Å²) in [6, 6.07) is 6.03. The van der Waals surface area contributed by atoms with Crippen molar-refractivity contribution in [2.45, 2.75) is 6.54 Å². The third-order valence-corrected chi connectivity index (χ3v) is 3.73. The van der Waals surface area contributed by atoms with E-state index in [0.717, 1.165) is 14.7 Å². The number of halogens is 2. The number of hydrogen-bond acceptors (Lipinski definition) is 3. The van der Waals surface area contributed by atoms with Gasteiger partial charge in [0.1, 0.15) is 11.5 Å². The van der Waals surface area contributed by atoms with Gasteiger partial charge in [0.05, 0.1) is 7.11 Å². The summed E-state index contributed by atoms with van der Waals surface area (Å²) >= 11 is 2.15. The van der Waals surface area contributed by atoms with E-state index in [1.165, 1.54) is 19.2 Å². The molecule has 0 radical (unpaired) electrons. The molecule has 0 atom stereocenters. The van der Waals surface area contributed by atoms with Gasteiger partial charge < -0.3 is 15.0 Å². The summed E-state index contributed by atoms with van der Waals surface area (Å²) in [6.07, 6.45) is 1.85. The van der Waals surface area contributed by atoms with Gasteiger partial charge in [-0.25, -0.2) is 9.18 Å². The van der Waals surface area contributed by atoms with Gasteiger partial charge in [0, 0.05) is 28.4 Å². The molecule has 1 aromatic carbocycles. The van der Waals surface area contributed by atoms with Crippen LogP contribution in [0.2, 0.25) is 0 Å². The van der Waals surface area contributed by atoms with Gasteiger partial charge in [0.2, 0.25) is 0 Å². The third-order valence-electron chi connectivity index (χ3n) is 2.91. The molecule has 0 fully saturated rings. The second-order valence-corrected chi connectivity index (χ2v) is 5.34. The molecule has 2 aromatic rings. The van der Waals surface area contributed by atoms with Crippen molar-refractivity contribution in [2.24, 2.45) is 5.73 Å². The van der Waals surface area contributed by atoms with Crippen molar-refractivity contribution < 1.29 is 13.9 Å². The van der Waals surface area contributed by atoms with Crippen LogP contribution in [0.4, 0.5) is 4.39 Å². The summed E-state index contributed by atoms with van der Waals surface area (Å²) in [7, 11) is 1.34. The van der Waals surface area contributed by atoms with Gasteiger partial charge in [-0.05, 0) is 40.3 Å². The molecule has 0 aliphatic carbocycles. The number of carbonyl (C=O) groups is 1. The molecule has 0 saturated heterocycles. The highest BCUT2D eigenvalue weighted by atomic mass is 127. The molecule has 1 aromatic heterocycles. The van der Waals surface area contributed by atoms with Gasteiger partial charge >= 0.3 is 5.97 Å². The largest absolute Gasteiger partial charge is 0.464 e. The van der Waals surface area contributed by atoms with Gasteiger partial charge in [0.15, 0.2) is 0 Å². The molecular formula is C14H14FIN2O2. The van der Waals surface area contributed by atoms with Crippen LogP contribution in [0.15, 0.2) is 30.5 Å². The molecule has 4 nitrogen and oxygen atoms in total. The molecule has 0 aliphatic rings. The second kappa shape index (κ2) is 6.36. The number of aromatic nitrogens is 1. The molecular weight excluding hydrogens is 374 g/mol. The van der Waals surface area contributed by atoms with E-state index < -0.39 is 5.97 Å². The van der Waals surface area contributed by atoms with Gasteiger partial charge in [-0.3, -0.25) is 0 Å². The normalized spacial score (nSPS) is 10.6. The first-order valence-corrected chi connectivity index (χ1v) is 7.09. The van der Waals surface area contributed by atoms with Crippen molar-refractivity contribution in [3.05, 3.63) is 45.5 Å². The lowest BCUT2D eigenvalue weighted by Crippen LogP contribution is -2.16. The van der Waals surface area contributed by atoms with Crippen molar-refractivity contribution in [1.29, 1.82) is 0 Å². The van der Waals surface area contributed by atoms with Crippen LogP contribution < -0.4 is 5.73 Å². The average molecular weight is 388 g/mol. The second-order valence-electron chi connectivity index (χ2n) is 4.18. The van der Waals surface area contributed by atoms with Crippen LogP contribution in [0, 0.1) is 9.39 Å². The molecule has 1 heterocycles. The number of methoxy groups -OCH3 is 1. The first-order valence-electron chi connectivity index (χ1n) is 6.01. The lowest BCUT2D eigenvalue weighted by atomic mass is 10.1. The zero-order valence-electron chi connectivity index (χ0n) is 10.9. The van der Waals surface area contributed by atoms with Crippen molar-refractivity contribution in [3.63, 3.8) is 0 Å². The molecule has 2 rings (SSSR count). The number of nitrogens with zero attached hydrogens (tertiary/aromatic N) is 1. The molecule has 106 valence electrons. The van der Waals surface area contributed by atoms with E-state index in [1.54, 1.807) is 16.7 Å². The Kier molecular flexibility index (Phi) is 4.77. The number of hydrogen-bond donors (Lipinski definition) is 1. The monoisotopic (exact) mass is 388 g/mol. The van der Waals surface area contributed by atoms with E-state index >= 15 is 0 Å². The molecule has 0 spiro atoms. The maximum atomic E-state index is 13.0. The highest BCUT2D eigenvalue weighted by molar-refractivity contribution is 14.1. The number of rotatable bonds is 4. The van der Waals surface area contributed by atoms with Crippen LogP contribution in [0.25, 0.3) is 11.1 Å². The van der Waals surface area contributed by atoms with Crippen LogP contribution in [-0.2, 0) is 11.3 Å². The van der Waals surface area contributed by atoms with E-state index in [2.05, 4.69) is 22.6 Å². The van der Waals surface area contributed by atoms with E-state index in [1.807, 2.05) is 6.20 Å². The third kappa shape index (κ3) is 2.85. The number of benzene rings is 1. The number of esters is 1. The lowest BCUT2D eigenvalue weighted by molar-refractivity contribution is 0.0589. The molecule has 20 heavy (non-hydrogen) atoms. The van der Waals surface area contributed by atoms with Crippen molar-refractivity contribution in [2.75, 3.05) is 13.7 Å². The topological polar surface area (TPSA) is 57.2 Å². The van der Waals surface area contributed by atoms with Gasteiger partial charge in [-0.2, -0.15) is 0 Å². The van der Waals surface area contributed by atoms with Crippen LogP contribution in [0.3, 0.4) is 0 Å². The number of ether oxygens (including phenoxy) is 1. The SMILES string of the molecule is COC(=O)c1c(-c2ccc(F)cc2)c(I)cn1CCN. The van der Waals surface area contributed by atoms with Crippen molar-refractivity contribution in [3.8, 4) is 11.1 Å². The van der Waals surface area contributed by atoms with Crippen molar-refractivity contribution in [1.82, 2.24) is 4.57 Å². The highest BCUT2D eigenvalue weighted by Gasteiger charge is 2.22. The molecule has 2 N–H and O–H groups in total. The Morgan fingerprint density at radius 2 is 2.05 bits per heavy atom. The molecule has 0 saturated carbocycles. The molecule has 0 unspecified atom stereocenters. The fourth-order valence-corrected chi connectivity index (χ4v) is 2.95. The first kappa shape index (κ1) is 15.0. The fraction of sp³-hybridized carbons (Fsp3) is 0.214. The average Bonchev–Trinajstić information content (AvgIpc) is 2.76. The zero-order chi connectivity index (χ0) is 14.7. The van der Waals surface area contributed by atoms with E-state index in [-0.39, 0.29) is 5.82 Å². The summed E-state index contributed by atoms with van der Waals surface area (Å²) in [5, 5.41) is 0. The first-order chi connectivity index (χ1) is 9.58. The quantitative estimate of drug-likeness (QED) is 0.647. The molecule has 6 heteroatoms. The Hall–Kier alpha value is -1.41. The van der Waals surface area contributed by atoms with Gasteiger partial charge in [0.25, 0.3) is 0 Å². The predicted octanol–water partition coefficient (Wildman–Crippen LogP) is 2.64. The minimum atomic E-state index is -0.430. The zero-order valence-corrected chi connectivity index (χ0v) is 13.1. The molecule has 0 bridgehead atoms. The summed E-state index contributed by atoms with van der Waals surface area (Å²) in [5.41, 5.74) is 7.51. The lowest BCUT2D eigenvalue weighted by Gasteiger charge is -2.09. The van der Waals surface area contributed by atoms with Crippen LogP contribution in [0.5, 0.6) is 0 Å². The van der Waals surface area contributed by atoms with E-state index in [0.29, 0.717) is 18.8 Å². The van der Waals surface area contributed by atoms with Crippen LogP contribution in [-0.4, -0.2) is 24.2 Å². The summed E-state index contributed by atoms with van der Waals surface area (Å²) < 4.78 is 20.5. The minimum absolute atomic E-state index is 0.315. The van der Waals surface area contributed by atoms with E-state index in [9.17, 15) is 9.18 Å². The Morgan fingerprint density at radius 1 is 1.40 bits per heavy atom. The molecule has 0 amide bonds. The van der Waals surface area contributed by atoms with Crippen molar-refractivity contribution >= 4 is 28.6 Å². The Bertz CT molecular complexity index is 623. The fourth-order valence-electron chi connectivity index (χ4n) is 2.05. The van der Waals surface area contributed by atoms with Crippen LogP contribution >= 0.6 is 22.6 Å². The number of carbonyl (C=O) groups excluding carboxylic acids is 1. The van der Waals surface area contributed by atoms with Gasteiger partial charge in [-0.15, -0.1) is 0 Å². The maximum absolute atomic E-state index is 13.0. The summed E-state index contributed by atoms with van der Waals surface area (Å²) in [6.45, 7) is 0.930. The smallest absolute Gasteiger partial charge is 0.355 e. The van der Waals surface area contributed by atoms with E-state index in [4.69, 9.17) is 10.5 Å². The summed E-state index contributed by atoms with van der Waals surface area (Å²) in [4.78, 5) is 12.0. The molecule has 0 aliphatic heterocycles. The van der Waals surface area contributed by atoms with Gasteiger partial charge in [-0.1, -0.05) is 12.1 Å². The Labute approximate surface area is 129 Å². The standard InChI is InChI=1S/C14H14FIN2O2/c1-20-14(19)13-12(9-2-4-10(15)5-3-9)11(16)8-18(13)7-6-17/h2-5,8H,6-7,17H2,1H3.